The molecule has 1 heterocycles. The lowest BCUT2D eigenvalue weighted by molar-refractivity contribution is -0.122. The van der Waals surface area contributed by atoms with Gasteiger partial charge in [0.15, 0.2) is 5.69 Å². The summed E-state index contributed by atoms with van der Waals surface area (Å²) in [4.78, 5) is 23.4. The molecule has 23 heavy (non-hydrogen) atoms. The van der Waals surface area contributed by atoms with Crippen molar-refractivity contribution in [1.29, 1.82) is 0 Å². The third-order valence-corrected chi connectivity index (χ3v) is 3.17. The second kappa shape index (κ2) is 7.14. The summed E-state index contributed by atoms with van der Waals surface area (Å²) in [7, 11) is 0. The lowest BCUT2D eigenvalue weighted by Gasteiger charge is -2.14. The van der Waals surface area contributed by atoms with Crippen LogP contribution >= 0.6 is 0 Å². The first kappa shape index (κ1) is 16.8. The Morgan fingerprint density at radius 1 is 1.26 bits per heavy atom. The first-order chi connectivity index (χ1) is 10.9. The zero-order valence-electron chi connectivity index (χ0n) is 12.2. The highest BCUT2D eigenvalue weighted by atomic mass is 19.3. The van der Waals surface area contributed by atoms with Crippen molar-refractivity contribution in [2.45, 2.75) is 12.3 Å². The molecule has 124 valence electrons. The van der Waals surface area contributed by atoms with Crippen LogP contribution in [-0.4, -0.2) is 47.6 Å². The molecule has 9 heteroatoms. The van der Waals surface area contributed by atoms with Gasteiger partial charge in [0.05, 0.1) is 18.6 Å². The largest absolute Gasteiger partial charge is 0.350 e. The number of amides is 2. The highest BCUT2D eigenvalue weighted by molar-refractivity contribution is 6.04. The number of nitrogens with zero attached hydrogens (tertiary/aromatic N) is 1. The first-order valence-corrected chi connectivity index (χ1v) is 6.99. The number of aromatic amines is 1. The Morgan fingerprint density at radius 3 is 2.74 bits per heavy atom. The van der Waals surface area contributed by atoms with E-state index in [9.17, 15) is 18.4 Å². The minimum Gasteiger partial charge on any atom is -0.350 e. The summed E-state index contributed by atoms with van der Waals surface area (Å²) >= 11 is 0. The Bertz CT molecular complexity index is 701. The lowest BCUT2D eigenvalue weighted by atomic mass is 10.2. The maximum absolute atomic E-state index is 12.9. The number of halogens is 2. The van der Waals surface area contributed by atoms with Gasteiger partial charge >= 0.3 is 0 Å². The van der Waals surface area contributed by atoms with Crippen molar-refractivity contribution in [2.24, 2.45) is 5.73 Å². The summed E-state index contributed by atoms with van der Waals surface area (Å²) in [5.74, 6) is -4.17. The van der Waals surface area contributed by atoms with Crippen molar-refractivity contribution < 1.29 is 18.4 Å². The standard InChI is InChI=1S/C14H17F2N5O2/c15-14(16,7-17)8-19-11(22)5-6-18-13(23)12-9-3-1-2-4-10(9)20-21-12/h1-4H,5-8,17H2,(H,18,23)(H,19,22)(H,20,21). The summed E-state index contributed by atoms with van der Waals surface area (Å²) in [6.45, 7) is -1.64. The average Bonchev–Trinajstić information content (AvgIpc) is 2.97. The molecule has 1 aromatic heterocycles. The number of nitrogens with one attached hydrogen (secondary N) is 3. The van der Waals surface area contributed by atoms with Gasteiger partial charge < -0.3 is 16.4 Å². The molecular formula is C14H17F2N5O2. The SMILES string of the molecule is NCC(F)(F)CNC(=O)CCNC(=O)c1n[nH]c2ccccc12. The van der Waals surface area contributed by atoms with Crippen LogP contribution in [0.5, 0.6) is 0 Å². The van der Waals surface area contributed by atoms with Crippen LogP contribution < -0.4 is 16.4 Å². The maximum atomic E-state index is 12.9. The Hall–Kier alpha value is -2.55. The predicted octanol–water partition coefficient (Wildman–Crippen LogP) is 0.393. The van der Waals surface area contributed by atoms with E-state index in [4.69, 9.17) is 5.73 Å². The number of carbonyl (C=O) groups excluding carboxylic acids is 2. The molecule has 0 spiro atoms. The first-order valence-electron chi connectivity index (χ1n) is 6.99. The van der Waals surface area contributed by atoms with E-state index in [1.807, 2.05) is 6.07 Å². The fraction of sp³-hybridized carbons (Fsp3) is 0.357. The van der Waals surface area contributed by atoms with Gasteiger partial charge in [-0.3, -0.25) is 14.7 Å². The molecule has 0 bridgehead atoms. The van der Waals surface area contributed by atoms with E-state index in [2.05, 4.69) is 20.8 Å². The molecular weight excluding hydrogens is 308 g/mol. The van der Waals surface area contributed by atoms with E-state index < -0.39 is 30.8 Å². The third-order valence-electron chi connectivity index (χ3n) is 3.17. The summed E-state index contributed by atoms with van der Waals surface area (Å²) in [6.07, 6.45) is -0.116. The van der Waals surface area contributed by atoms with Crippen molar-refractivity contribution in [1.82, 2.24) is 20.8 Å². The number of benzene rings is 1. The number of rotatable bonds is 7. The molecule has 0 fully saturated rings. The minimum atomic E-state index is -3.13. The van der Waals surface area contributed by atoms with Gasteiger partial charge in [0, 0.05) is 18.4 Å². The molecule has 2 amide bonds. The molecule has 0 aliphatic rings. The smallest absolute Gasteiger partial charge is 0.277 e. The molecule has 2 rings (SSSR count). The van der Waals surface area contributed by atoms with Gasteiger partial charge in [-0.05, 0) is 6.07 Å². The fourth-order valence-corrected chi connectivity index (χ4v) is 1.90. The normalized spacial score (nSPS) is 11.4. The fourth-order valence-electron chi connectivity index (χ4n) is 1.90. The summed E-state index contributed by atoms with van der Waals surface area (Å²) < 4.78 is 25.8. The van der Waals surface area contributed by atoms with Crippen molar-refractivity contribution in [3.05, 3.63) is 30.0 Å². The summed E-state index contributed by atoms with van der Waals surface area (Å²) in [5.41, 5.74) is 5.80. The number of carbonyl (C=O) groups is 2. The lowest BCUT2D eigenvalue weighted by Crippen LogP contribution is -2.42. The van der Waals surface area contributed by atoms with Gasteiger partial charge in [0.1, 0.15) is 0 Å². The molecule has 0 saturated heterocycles. The zero-order valence-corrected chi connectivity index (χ0v) is 12.2. The van der Waals surface area contributed by atoms with Crippen LogP contribution in [-0.2, 0) is 4.79 Å². The number of fused-ring (bicyclic) bond motifs is 1. The minimum absolute atomic E-state index is 0.0139. The monoisotopic (exact) mass is 325 g/mol. The van der Waals surface area contributed by atoms with E-state index in [1.54, 1.807) is 18.2 Å². The molecule has 2 aromatic rings. The molecule has 7 nitrogen and oxygen atoms in total. The summed E-state index contributed by atoms with van der Waals surface area (Å²) in [5, 5.41) is 11.9. The van der Waals surface area contributed by atoms with Gasteiger partial charge in [-0.15, -0.1) is 0 Å². The third kappa shape index (κ3) is 4.46. The van der Waals surface area contributed by atoms with Gasteiger partial charge in [-0.25, -0.2) is 8.78 Å². The Labute approximate surface area is 130 Å². The van der Waals surface area contributed by atoms with Crippen molar-refractivity contribution >= 4 is 22.7 Å². The number of para-hydroxylation sites is 1. The van der Waals surface area contributed by atoms with Crippen LogP contribution in [0.4, 0.5) is 8.78 Å². The predicted molar refractivity (Wildman–Crippen MR) is 80.1 cm³/mol. The van der Waals surface area contributed by atoms with Gasteiger partial charge in [-0.1, -0.05) is 18.2 Å². The van der Waals surface area contributed by atoms with Crippen LogP contribution in [0.2, 0.25) is 0 Å². The summed E-state index contributed by atoms with van der Waals surface area (Å²) in [6, 6.07) is 7.11. The van der Waals surface area contributed by atoms with Crippen LogP contribution in [0.15, 0.2) is 24.3 Å². The molecule has 0 atom stereocenters. The Balaban J connectivity index is 1.80. The number of alkyl halides is 2. The Kier molecular flexibility index (Phi) is 5.22. The molecule has 0 saturated carbocycles. The quantitative estimate of drug-likeness (QED) is 0.590. The molecule has 0 aliphatic heterocycles. The number of hydrogen-bond acceptors (Lipinski definition) is 4. The van der Waals surface area contributed by atoms with Crippen LogP contribution in [0.25, 0.3) is 10.9 Å². The zero-order chi connectivity index (χ0) is 16.9. The van der Waals surface area contributed by atoms with Gasteiger partial charge in [-0.2, -0.15) is 5.10 Å². The van der Waals surface area contributed by atoms with Crippen LogP contribution in [0.1, 0.15) is 16.9 Å². The molecule has 0 radical (unpaired) electrons. The van der Waals surface area contributed by atoms with Gasteiger partial charge in [0.25, 0.3) is 11.8 Å². The highest BCUT2D eigenvalue weighted by Crippen LogP contribution is 2.14. The Morgan fingerprint density at radius 2 is 2.00 bits per heavy atom. The van der Waals surface area contributed by atoms with E-state index in [1.165, 1.54) is 0 Å². The molecule has 0 aliphatic carbocycles. The molecule has 0 unspecified atom stereocenters. The molecule has 5 N–H and O–H groups in total. The second-order valence-corrected chi connectivity index (χ2v) is 4.96. The van der Waals surface area contributed by atoms with Crippen molar-refractivity contribution in [3.63, 3.8) is 0 Å². The van der Waals surface area contributed by atoms with Crippen LogP contribution in [0.3, 0.4) is 0 Å². The van der Waals surface area contributed by atoms with Crippen molar-refractivity contribution in [3.8, 4) is 0 Å². The number of H-pyrrole nitrogens is 1. The topological polar surface area (TPSA) is 113 Å². The highest BCUT2D eigenvalue weighted by Gasteiger charge is 2.27. The molecule has 1 aromatic carbocycles. The van der Waals surface area contributed by atoms with Crippen molar-refractivity contribution in [2.75, 3.05) is 19.6 Å². The van der Waals surface area contributed by atoms with E-state index in [0.29, 0.717) is 5.39 Å². The number of nitrogens with two attached hydrogens (primary N) is 1. The number of aromatic nitrogens is 2. The average molecular weight is 325 g/mol. The van der Waals surface area contributed by atoms with Crippen LogP contribution in [0, 0.1) is 0 Å². The van der Waals surface area contributed by atoms with Gasteiger partial charge in [0.2, 0.25) is 5.91 Å². The number of hydrogen-bond donors (Lipinski definition) is 4. The van der Waals surface area contributed by atoms with E-state index >= 15 is 0 Å². The van der Waals surface area contributed by atoms with E-state index in [-0.39, 0.29) is 18.7 Å². The van der Waals surface area contributed by atoms with E-state index in [0.717, 1.165) is 5.52 Å². The second-order valence-electron chi connectivity index (χ2n) is 4.96. The maximum Gasteiger partial charge on any atom is 0.277 e.